The Hall–Kier alpha value is -1.30. The molecule has 1 rings (SSSR count). The van der Waals surface area contributed by atoms with Gasteiger partial charge in [0.2, 0.25) is 0 Å². The molecule has 0 bridgehead atoms. The summed E-state index contributed by atoms with van der Waals surface area (Å²) in [6, 6.07) is 3.84. The number of nitrogens with zero attached hydrogens (tertiary/aromatic N) is 2. The van der Waals surface area contributed by atoms with Crippen LogP contribution >= 0.6 is 0 Å². The van der Waals surface area contributed by atoms with Crippen LogP contribution in [0.15, 0.2) is 12.1 Å². The van der Waals surface area contributed by atoms with E-state index in [4.69, 9.17) is 0 Å². The van der Waals surface area contributed by atoms with E-state index in [2.05, 4.69) is 17.2 Å². The minimum absolute atomic E-state index is 0.0783. The molecule has 1 aromatic rings. The molecule has 3 nitrogen and oxygen atoms in total. The Morgan fingerprint density at radius 3 is 2.55 bits per heavy atom. The van der Waals surface area contributed by atoms with Crippen molar-refractivity contribution in [1.29, 1.82) is 0 Å². The SMILES string of the molecule is CCCc1cc(CNC)cc(N(C)CCC(F)(F)F)n1. The van der Waals surface area contributed by atoms with E-state index < -0.39 is 12.6 Å². The molecule has 0 saturated heterocycles. The largest absolute Gasteiger partial charge is 0.390 e. The quantitative estimate of drug-likeness (QED) is 0.836. The highest BCUT2D eigenvalue weighted by atomic mass is 19.4. The Balaban J connectivity index is 2.85. The van der Waals surface area contributed by atoms with Crippen LogP contribution < -0.4 is 10.2 Å². The Kier molecular flexibility index (Phi) is 6.26. The van der Waals surface area contributed by atoms with Crippen molar-refractivity contribution in [2.24, 2.45) is 0 Å². The fraction of sp³-hybridized carbons (Fsp3) is 0.643. The van der Waals surface area contributed by atoms with Gasteiger partial charge < -0.3 is 10.2 Å². The highest BCUT2D eigenvalue weighted by Crippen LogP contribution is 2.22. The number of pyridine rings is 1. The molecule has 1 heterocycles. The second-order valence-electron chi connectivity index (χ2n) is 4.89. The van der Waals surface area contributed by atoms with E-state index in [9.17, 15) is 13.2 Å². The van der Waals surface area contributed by atoms with Crippen LogP contribution in [0.3, 0.4) is 0 Å². The number of hydrogen-bond donors (Lipinski definition) is 1. The molecule has 0 aromatic carbocycles. The summed E-state index contributed by atoms with van der Waals surface area (Å²) in [6.07, 6.45) is -3.17. The van der Waals surface area contributed by atoms with E-state index in [1.165, 1.54) is 0 Å². The summed E-state index contributed by atoms with van der Waals surface area (Å²) < 4.78 is 36.8. The number of nitrogens with one attached hydrogen (secondary N) is 1. The Morgan fingerprint density at radius 2 is 2.00 bits per heavy atom. The zero-order valence-corrected chi connectivity index (χ0v) is 12.2. The van der Waals surface area contributed by atoms with E-state index in [1.807, 2.05) is 19.2 Å². The number of aryl methyl sites for hydroxylation is 1. The lowest BCUT2D eigenvalue weighted by Gasteiger charge is -2.20. The fourth-order valence-corrected chi connectivity index (χ4v) is 1.93. The maximum atomic E-state index is 12.3. The lowest BCUT2D eigenvalue weighted by Crippen LogP contribution is -2.25. The molecule has 1 N–H and O–H groups in total. The molecule has 0 unspecified atom stereocenters. The smallest absolute Gasteiger partial charge is 0.359 e. The lowest BCUT2D eigenvalue weighted by atomic mass is 10.1. The third-order valence-corrected chi connectivity index (χ3v) is 2.93. The van der Waals surface area contributed by atoms with E-state index in [1.54, 1.807) is 11.9 Å². The predicted molar refractivity (Wildman–Crippen MR) is 74.9 cm³/mol. The van der Waals surface area contributed by atoms with E-state index in [-0.39, 0.29) is 6.54 Å². The van der Waals surface area contributed by atoms with Crippen LogP contribution in [0.5, 0.6) is 0 Å². The molecule has 6 heteroatoms. The van der Waals surface area contributed by atoms with Crippen molar-refractivity contribution in [1.82, 2.24) is 10.3 Å². The van der Waals surface area contributed by atoms with Gasteiger partial charge in [0, 0.05) is 25.8 Å². The van der Waals surface area contributed by atoms with Crippen molar-refractivity contribution < 1.29 is 13.2 Å². The average Bonchev–Trinajstić information content (AvgIpc) is 2.35. The van der Waals surface area contributed by atoms with Crippen LogP contribution in [-0.4, -0.2) is 31.8 Å². The molecule has 0 atom stereocenters. The van der Waals surface area contributed by atoms with Crippen molar-refractivity contribution in [3.05, 3.63) is 23.4 Å². The van der Waals surface area contributed by atoms with Gasteiger partial charge in [-0.25, -0.2) is 4.98 Å². The van der Waals surface area contributed by atoms with Crippen molar-refractivity contribution >= 4 is 5.82 Å². The minimum atomic E-state index is -4.14. The van der Waals surface area contributed by atoms with Crippen molar-refractivity contribution in [3.8, 4) is 0 Å². The number of halogens is 3. The second kappa shape index (κ2) is 7.47. The molecule has 0 aliphatic carbocycles. The van der Waals surface area contributed by atoms with Crippen LogP contribution in [0.25, 0.3) is 0 Å². The number of hydrogen-bond acceptors (Lipinski definition) is 3. The van der Waals surface area contributed by atoms with E-state index in [0.29, 0.717) is 12.4 Å². The van der Waals surface area contributed by atoms with Gasteiger partial charge in [-0.15, -0.1) is 0 Å². The zero-order chi connectivity index (χ0) is 15.2. The summed E-state index contributed by atoms with van der Waals surface area (Å²) in [7, 11) is 3.49. The van der Waals surface area contributed by atoms with Crippen LogP contribution in [0, 0.1) is 0 Å². The van der Waals surface area contributed by atoms with Crippen molar-refractivity contribution in [2.45, 2.75) is 38.9 Å². The van der Waals surface area contributed by atoms with Crippen LogP contribution in [0.2, 0.25) is 0 Å². The predicted octanol–water partition coefficient (Wildman–Crippen LogP) is 3.14. The highest BCUT2D eigenvalue weighted by Gasteiger charge is 2.27. The molecular weight excluding hydrogens is 267 g/mol. The summed E-state index contributed by atoms with van der Waals surface area (Å²) in [5.74, 6) is 0.602. The van der Waals surface area contributed by atoms with Crippen LogP contribution in [0.4, 0.5) is 19.0 Å². The van der Waals surface area contributed by atoms with Gasteiger partial charge in [0.05, 0.1) is 6.42 Å². The lowest BCUT2D eigenvalue weighted by molar-refractivity contribution is -0.132. The van der Waals surface area contributed by atoms with Gasteiger partial charge in [-0.3, -0.25) is 0 Å². The summed E-state index contributed by atoms with van der Waals surface area (Å²) >= 11 is 0. The first-order chi connectivity index (χ1) is 9.35. The van der Waals surface area contributed by atoms with Gasteiger partial charge in [-0.2, -0.15) is 13.2 Å². The number of alkyl halides is 3. The van der Waals surface area contributed by atoms with E-state index >= 15 is 0 Å². The molecule has 0 saturated carbocycles. The fourth-order valence-electron chi connectivity index (χ4n) is 1.93. The minimum Gasteiger partial charge on any atom is -0.359 e. The first-order valence-electron chi connectivity index (χ1n) is 6.78. The Labute approximate surface area is 118 Å². The van der Waals surface area contributed by atoms with Gasteiger partial charge in [-0.1, -0.05) is 13.3 Å². The first-order valence-corrected chi connectivity index (χ1v) is 6.78. The highest BCUT2D eigenvalue weighted by molar-refractivity contribution is 5.42. The molecule has 1 aromatic heterocycles. The van der Waals surface area contributed by atoms with Crippen LogP contribution in [-0.2, 0) is 13.0 Å². The third kappa shape index (κ3) is 5.77. The molecule has 0 radical (unpaired) electrons. The molecule has 0 aliphatic heterocycles. The molecule has 0 amide bonds. The maximum Gasteiger partial charge on any atom is 0.390 e. The topological polar surface area (TPSA) is 28.2 Å². The number of rotatable bonds is 7. The zero-order valence-electron chi connectivity index (χ0n) is 12.2. The molecule has 114 valence electrons. The van der Waals surface area contributed by atoms with Gasteiger partial charge >= 0.3 is 6.18 Å². The normalized spacial score (nSPS) is 11.7. The Bertz CT molecular complexity index is 394. The number of anilines is 1. The van der Waals surface area contributed by atoms with E-state index in [0.717, 1.165) is 24.1 Å². The molecule has 0 spiro atoms. The number of aromatic nitrogens is 1. The van der Waals surface area contributed by atoms with Gasteiger partial charge in [0.15, 0.2) is 0 Å². The van der Waals surface area contributed by atoms with Gasteiger partial charge in [0.25, 0.3) is 0 Å². The molecule has 0 fully saturated rings. The third-order valence-electron chi connectivity index (χ3n) is 2.93. The van der Waals surface area contributed by atoms with Crippen LogP contribution in [0.1, 0.15) is 31.0 Å². The summed E-state index contributed by atoms with van der Waals surface area (Å²) in [5, 5.41) is 3.05. The average molecular weight is 289 g/mol. The summed E-state index contributed by atoms with van der Waals surface area (Å²) in [5.41, 5.74) is 1.97. The molecular formula is C14H22F3N3. The Morgan fingerprint density at radius 1 is 1.30 bits per heavy atom. The van der Waals surface area contributed by atoms with Crippen molar-refractivity contribution in [3.63, 3.8) is 0 Å². The molecule has 20 heavy (non-hydrogen) atoms. The maximum absolute atomic E-state index is 12.3. The standard InChI is InChI=1S/C14H22F3N3/c1-4-5-12-8-11(10-18-2)9-13(19-12)20(3)7-6-14(15,16)17/h8-9,18H,4-7,10H2,1-3H3. The summed E-state index contributed by atoms with van der Waals surface area (Å²) in [4.78, 5) is 6.00. The molecule has 0 aliphatic rings. The van der Waals surface area contributed by atoms with Crippen molar-refractivity contribution in [2.75, 3.05) is 25.5 Å². The monoisotopic (exact) mass is 289 g/mol. The van der Waals surface area contributed by atoms with Gasteiger partial charge in [-0.05, 0) is 31.2 Å². The van der Waals surface area contributed by atoms with Gasteiger partial charge in [0.1, 0.15) is 5.82 Å². The second-order valence-corrected chi connectivity index (χ2v) is 4.89. The summed E-state index contributed by atoms with van der Waals surface area (Å²) in [6.45, 7) is 2.66. The first kappa shape index (κ1) is 16.8.